The van der Waals surface area contributed by atoms with Crippen molar-refractivity contribution in [3.8, 4) is 11.5 Å². The average Bonchev–Trinajstić information content (AvgIpc) is 2.86. The van der Waals surface area contributed by atoms with Crippen LogP contribution in [0.5, 0.6) is 11.5 Å². The zero-order valence-corrected chi connectivity index (χ0v) is 18.4. The molecule has 5 nitrogen and oxygen atoms in total. The highest BCUT2D eigenvalue weighted by Gasteiger charge is 2.33. The molecule has 33 heavy (non-hydrogen) atoms. The summed E-state index contributed by atoms with van der Waals surface area (Å²) in [4.78, 5) is 13.6. The van der Waals surface area contributed by atoms with Gasteiger partial charge in [-0.3, -0.25) is 4.79 Å². The third-order valence-corrected chi connectivity index (χ3v) is 7.37. The van der Waals surface area contributed by atoms with Gasteiger partial charge in [0, 0.05) is 11.1 Å². The minimum absolute atomic E-state index is 0.0339. The summed E-state index contributed by atoms with van der Waals surface area (Å²) in [5, 5.41) is 0. The molecule has 1 aliphatic heterocycles. The largest absolute Gasteiger partial charge is 0.460 e. The third kappa shape index (κ3) is 4.01. The van der Waals surface area contributed by atoms with Gasteiger partial charge in [0.05, 0.1) is 9.79 Å². The summed E-state index contributed by atoms with van der Waals surface area (Å²) in [7, 11) is -3.59. The Morgan fingerprint density at radius 1 is 0.697 bits per heavy atom. The predicted octanol–water partition coefficient (Wildman–Crippen LogP) is 5.50. The Morgan fingerprint density at radius 2 is 1.21 bits per heavy atom. The number of carbonyl (C=O) groups is 1. The molecule has 1 aliphatic rings. The van der Waals surface area contributed by atoms with Gasteiger partial charge in [-0.2, -0.15) is 0 Å². The highest BCUT2D eigenvalue weighted by molar-refractivity contribution is 7.91. The predicted molar refractivity (Wildman–Crippen MR) is 123 cm³/mol. The summed E-state index contributed by atoms with van der Waals surface area (Å²) in [6.45, 7) is 0.0339. The van der Waals surface area contributed by atoms with E-state index in [4.69, 9.17) is 9.47 Å². The first-order chi connectivity index (χ1) is 16.0. The molecule has 0 radical (unpaired) electrons. The van der Waals surface area contributed by atoms with E-state index in [0.29, 0.717) is 17.1 Å². The van der Waals surface area contributed by atoms with Crippen LogP contribution in [0, 0.1) is 0 Å². The van der Waals surface area contributed by atoms with Crippen molar-refractivity contribution in [2.24, 2.45) is 0 Å². The van der Waals surface area contributed by atoms with Gasteiger partial charge < -0.3 is 9.47 Å². The lowest BCUT2D eigenvalue weighted by Gasteiger charge is -2.26. The van der Waals surface area contributed by atoms with Gasteiger partial charge in [0.15, 0.2) is 0 Å². The monoisotopic (exact) mass is 456 g/mol. The van der Waals surface area contributed by atoms with Gasteiger partial charge in [-0.25, -0.2) is 8.42 Å². The molecule has 0 bridgehead atoms. The van der Waals surface area contributed by atoms with Gasteiger partial charge in [-0.1, -0.05) is 66.7 Å². The normalized spacial score (nSPS) is 12.8. The van der Waals surface area contributed by atoms with Crippen molar-refractivity contribution in [1.29, 1.82) is 0 Å². The molecule has 0 amide bonds. The van der Waals surface area contributed by atoms with Gasteiger partial charge in [0.2, 0.25) is 9.84 Å². The standard InChI is InChI=1S/C27H20O5S/c28-27(26-22-10-4-6-12-24(22)32-25-13-7-5-11-23(25)26)31-18-19-14-16-21(17-15-19)33(29,30)20-8-2-1-3-9-20/h1-17,26H,18H2. The number of sulfone groups is 1. The van der Waals surface area contributed by atoms with E-state index in [1.165, 1.54) is 12.1 Å². The van der Waals surface area contributed by atoms with Crippen LogP contribution in [0.15, 0.2) is 113 Å². The molecule has 0 fully saturated rings. The highest BCUT2D eigenvalue weighted by Crippen LogP contribution is 2.44. The summed E-state index contributed by atoms with van der Waals surface area (Å²) in [5.74, 6) is 0.283. The van der Waals surface area contributed by atoms with E-state index in [2.05, 4.69) is 0 Å². The third-order valence-electron chi connectivity index (χ3n) is 5.58. The Hall–Kier alpha value is -3.90. The molecule has 0 unspecified atom stereocenters. The number of carbonyl (C=O) groups excluding carboxylic acids is 1. The van der Waals surface area contributed by atoms with E-state index in [-0.39, 0.29) is 22.4 Å². The van der Waals surface area contributed by atoms with Crippen LogP contribution in [0.2, 0.25) is 0 Å². The molecular weight excluding hydrogens is 436 g/mol. The molecule has 0 spiro atoms. The van der Waals surface area contributed by atoms with Gasteiger partial charge in [0.25, 0.3) is 0 Å². The molecule has 0 saturated heterocycles. The van der Waals surface area contributed by atoms with Gasteiger partial charge in [-0.15, -0.1) is 0 Å². The maximum absolute atomic E-state index is 13.1. The Labute approximate surface area is 192 Å². The van der Waals surface area contributed by atoms with Crippen LogP contribution in [-0.2, 0) is 26.0 Å². The molecule has 5 rings (SSSR count). The van der Waals surface area contributed by atoms with E-state index in [0.717, 1.165) is 11.1 Å². The van der Waals surface area contributed by atoms with Crippen molar-refractivity contribution in [3.05, 3.63) is 120 Å². The van der Waals surface area contributed by atoms with E-state index in [1.54, 1.807) is 42.5 Å². The van der Waals surface area contributed by atoms with Crippen molar-refractivity contribution in [3.63, 3.8) is 0 Å². The first-order valence-electron chi connectivity index (χ1n) is 10.5. The Morgan fingerprint density at radius 3 is 1.82 bits per heavy atom. The minimum atomic E-state index is -3.59. The van der Waals surface area contributed by atoms with Crippen LogP contribution in [0.4, 0.5) is 0 Å². The maximum atomic E-state index is 13.1. The Bertz CT molecular complexity index is 1370. The Balaban J connectivity index is 1.34. The van der Waals surface area contributed by atoms with E-state index < -0.39 is 15.8 Å². The zero-order valence-electron chi connectivity index (χ0n) is 17.5. The van der Waals surface area contributed by atoms with Crippen molar-refractivity contribution < 1.29 is 22.7 Å². The molecule has 0 N–H and O–H groups in total. The lowest BCUT2D eigenvalue weighted by Crippen LogP contribution is -2.21. The fourth-order valence-corrected chi connectivity index (χ4v) is 5.18. The summed E-state index contributed by atoms with van der Waals surface area (Å²) in [6, 6.07) is 29.5. The van der Waals surface area contributed by atoms with Crippen molar-refractivity contribution in [2.75, 3.05) is 0 Å². The molecule has 0 atom stereocenters. The molecule has 6 heteroatoms. The number of hydrogen-bond donors (Lipinski definition) is 0. The smallest absolute Gasteiger partial charge is 0.318 e. The van der Waals surface area contributed by atoms with Crippen molar-refractivity contribution in [2.45, 2.75) is 22.3 Å². The summed E-state index contributed by atoms with van der Waals surface area (Å²) in [5.41, 5.74) is 2.21. The fourth-order valence-electron chi connectivity index (χ4n) is 3.90. The topological polar surface area (TPSA) is 69.7 Å². The molecule has 4 aromatic carbocycles. The first kappa shape index (κ1) is 21.0. The first-order valence-corrected chi connectivity index (χ1v) is 11.9. The number of rotatable bonds is 5. The SMILES string of the molecule is O=C(OCc1ccc(S(=O)(=O)c2ccccc2)cc1)C1c2ccccc2Oc2ccccc21. The number of benzene rings is 4. The van der Waals surface area contributed by atoms with E-state index >= 15 is 0 Å². The molecule has 164 valence electrons. The van der Waals surface area contributed by atoms with Crippen LogP contribution >= 0.6 is 0 Å². The van der Waals surface area contributed by atoms with E-state index in [9.17, 15) is 13.2 Å². The number of para-hydroxylation sites is 2. The Kier molecular flexibility index (Phi) is 5.44. The molecular formula is C27H20O5S. The van der Waals surface area contributed by atoms with Gasteiger partial charge >= 0.3 is 5.97 Å². The second kappa shape index (κ2) is 8.56. The maximum Gasteiger partial charge on any atom is 0.318 e. The highest BCUT2D eigenvalue weighted by atomic mass is 32.2. The van der Waals surface area contributed by atoms with Gasteiger partial charge in [0.1, 0.15) is 24.0 Å². The van der Waals surface area contributed by atoms with Gasteiger partial charge in [-0.05, 0) is 42.0 Å². The summed E-state index contributed by atoms with van der Waals surface area (Å²) in [6.07, 6.45) is 0. The molecule has 0 aromatic heterocycles. The quantitative estimate of drug-likeness (QED) is 0.371. The van der Waals surface area contributed by atoms with E-state index in [1.807, 2.05) is 48.5 Å². The number of ether oxygens (including phenoxy) is 2. The second-order valence-electron chi connectivity index (χ2n) is 7.68. The summed E-state index contributed by atoms with van der Waals surface area (Å²) >= 11 is 0. The van der Waals surface area contributed by atoms with Crippen LogP contribution in [-0.4, -0.2) is 14.4 Å². The van der Waals surface area contributed by atoms with Crippen LogP contribution < -0.4 is 4.74 Å². The number of fused-ring (bicyclic) bond motifs is 2. The average molecular weight is 457 g/mol. The number of esters is 1. The van der Waals surface area contributed by atoms with Crippen molar-refractivity contribution >= 4 is 15.8 Å². The molecule has 4 aromatic rings. The van der Waals surface area contributed by atoms with Crippen LogP contribution in [0.3, 0.4) is 0 Å². The number of hydrogen-bond acceptors (Lipinski definition) is 5. The van der Waals surface area contributed by atoms with Crippen molar-refractivity contribution in [1.82, 2.24) is 0 Å². The van der Waals surface area contributed by atoms with Crippen LogP contribution in [0.25, 0.3) is 0 Å². The lowest BCUT2D eigenvalue weighted by molar-refractivity contribution is -0.145. The molecule has 1 heterocycles. The summed E-state index contributed by atoms with van der Waals surface area (Å²) < 4.78 is 37.1. The zero-order chi connectivity index (χ0) is 22.8. The van der Waals surface area contributed by atoms with Crippen LogP contribution in [0.1, 0.15) is 22.6 Å². The molecule has 0 aliphatic carbocycles. The molecule has 0 saturated carbocycles. The lowest BCUT2D eigenvalue weighted by atomic mass is 9.88. The minimum Gasteiger partial charge on any atom is -0.460 e. The fraction of sp³-hybridized carbons (Fsp3) is 0.0741. The second-order valence-corrected chi connectivity index (χ2v) is 9.63.